The Morgan fingerprint density at radius 2 is 1.52 bits per heavy atom. The normalized spacial score (nSPS) is 42.2. The second-order valence-corrected chi connectivity index (χ2v) is 7.78. The SMILES string of the molecule is O=C1[C@@H]2[C@H]3C=C[C@@H]([C@@H]4C[C@H]34)[C@@H]2C(=O)N1c1ccccc1I. The van der Waals surface area contributed by atoms with Gasteiger partial charge < -0.3 is 0 Å². The van der Waals surface area contributed by atoms with Crippen LogP contribution in [0.1, 0.15) is 6.42 Å². The van der Waals surface area contributed by atoms with E-state index in [4.69, 9.17) is 0 Å². The maximum atomic E-state index is 12.9. The van der Waals surface area contributed by atoms with Gasteiger partial charge in [0, 0.05) is 3.57 Å². The molecule has 3 fully saturated rings. The van der Waals surface area contributed by atoms with Crippen molar-refractivity contribution < 1.29 is 9.59 Å². The van der Waals surface area contributed by atoms with E-state index in [2.05, 4.69) is 34.7 Å². The fourth-order valence-corrected chi connectivity index (χ4v) is 5.46. The molecule has 1 aliphatic heterocycles. The lowest BCUT2D eigenvalue weighted by Gasteiger charge is -2.37. The van der Waals surface area contributed by atoms with Crippen LogP contribution in [0.15, 0.2) is 36.4 Å². The zero-order chi connectivity index (χ0) is 14.3. The number of nitrogens with zero attached hydrogens (tertiary/aromatic N) is 1. The largest absolute Gasteiger partial charge is 0.274 e. The Morgan fingerprint density at radius 3 is 2.10 bits per heavy atom. The van der Waals surface area contributed by atoms with Crippen molar-refractivity contribution in [1.82, 2.24) is 0 Å². The van der Waals surface area contributed by atoms with Gasteiger partial charge in [-0.3, -0.25) is 9.59 Å². The van der Waals surface area contributed by atoms with E-state index in [1.165, 1.54) is 11.3 Å². The minimum Gasteiger partial charge on any atom is -0.274 e. The maximum absolute atomic E-state index is 12.9. The molecule has 0 N–H and O–H groups in total. The smallest absolute Gasteiger partial charge is 0.238 e. The van der Waals surface area contributed by atoms with E-state index >= 15 is 0 Å². The van der Waals surface area contributed by atoms with Crippen molar-refractivity contribution >= 4 is 40.1 Å². The number of para-hydroxylation sites is 1. The number of amides is 2. The van der Waals surface area contributed by atoms with Gasteiger partial charge in [-0.1, -0.05) is 24.3 Å². The number of benzene rings is 1. The summed E-state index contributed by atoms with van der Waals surface area (Å²) >= 11 is 2.20. The number of anilines is 1. The number of halogens is 1. The molecule has 5 aliphatic rings. The fraction of sp³-hybridized carbons (Fsp3) is 0.412. The number of hydrogen-bond donors (Lipinski definition) is 0. The van der Waals surface area contributed by atoms with Crippen LogP contribution in [0, 0.1) is 39.1 Å². The summed E-state index contributed by atoms with van der Waals surface area (Å²) in [4.78, 5) is 27.3. The molecular formula is C17H14INO2. The van der Waals surface area contributed by atoms with Crippen molar-refractivity contribution in [3.05, 3.63) is 40.0 Å². The van der Waals surface area contributed by atoms with Gasteiger partial charge in [0.15, 0.2) is 0 Å². The van der Waals surface area contributed by atoms with Crippen LogP contribution in [0.3, 0.4) is 0 Å². The molecule has 0 unspecified atom stereocenters. The second-order valence-electron chi connectivity index (χ2n) is 6.62. The van der Waals surface area contributed by atoms with Gasteiger partial charge in [-0.05, 0) is 64.8 Å². The van der Waals surface area contributed by atoms with E-state index in [1.807, 2.05) is 24.3 Å². The zero-order valence-electron chi connectivity index (χ0n) is 11.3. The highest BCUT2D eigenvalue weighted by Gasteiger charge is 2.67. The van der Waals surface area contributed by atoms with Crippen molar-refractivity contribution in [2.45, 2.75) is 6.42 Å². The van der Waals surface area contributed by atoms with Crippen LogP contribution in [0.25, 0.3) is 0 Å². The monoisotopic (exact) mass is 391 g/mol. The molecular weight excluding hydrogens is 377 g/mol. The highest BCUT2D eigenvalue weighted by molar-refractivity contribution is 14.1. The van der Waals surface area contributed by atoms with Crippen LogP contribution >= 0.6 is 22.6 Å². The number of hydrogen-bond acceptors (Lipinski definition) is 2. The molecule has 1 heterocycles. The maximum Gasteiger partial charge on any atom is 0.238 e. The molecule has 0 radical (unpaired) electrons. The topological polar surface area (TPSA) is 37.4 Å². The Labute approximate surface area is 136 Å². The minimum absolute atomic E-state index is 0.0267. The van der Waals surface area contributed by atoms with Crippen molar-refractivity contribution in [2.75, 3.05) is 4.90 Å². The number of carbonyl (C=O) groups excluding carboxylic acids is 2. The summed E-state index contributed by atoms with van der Waals surface area (Å²) in [6.07, 6.45) is 5.63. The first-order valence-electron chi connectivity index (χ1n) is 7.49. The number of carbonyl (C=O) groups is 2. The molecule has 2 amide bonds. The highest BCUT2D eigenvalue weighted by atomic mass is 127. The quantitative estimate of drug-likeness (QED) is 0.420. The number of rotatable bonds is 1. The fourth-order valence-electron chi connectivity index (χ4n) is 4.83. The zero-order valence-corrected chi connectivity index (χ0v) is 13.4. The summed E-state index contributed by atoms with van der Waals surface area (Å²) in [7, 11) is 0. The average molecular weight is 391 g/mol. The van der Waals surface area contributed by atoms with Crippen molar-refractivity contribution in [3.63, 3.8) is 0 Å². The first kappa shape index (κ1) is 12.4. The second kappa shape index (κ2) is 3.97. The summed E-state index contributed by atoms with van der Waals surface area (Å²) < 4.78 is 0.959. The molecule has 1 aromatic rings. The van der Waals surface area contributed by atoms with Gasteiger partial charge in [0.1, 0.15) is 0 Å². The molecule has 6 atom stereocenters. The first-order chi connectivity index (χ1) is 10.2. The van der Waals surface area contributed by atoms with E-state index in [0.29, 0.717) is 23.7 Å². The Kier molecular flexibility index (Phi) is 2.34. The van der Waals surface area contributed by atoms with Crippen molar-refractivity contribution in [1.29, 1.82) is 0 Å². The summed E-state index contributed by atoms with van der Waals surface area (Å²) in [6, 6.07) is 7.65. The first-order valence-corrected chi connectivity index (χ1v) is 8.57. The molecule has 2 saturated carbocycles. The lowest BCUT2D eigenvalue weighted by atomic mass is 9.63. The molecule has 106 valence electrons. The Balaban J connectivity index is 1.62. The van der Waals surface area contributed by atoms with Gasteiger partial charge in [0.25, 0.3) is 0 Å². The standard InChI is InChI=1S/C17H14INO2/c18-12-3-1-2-4-13(12)19-16(20)14-8-5-6-9(11-7-10(8)11)15(14)17(19)21/h1-6,8-11,14-15H,7H2/t8-,9-,10-,11+,14-,15+/m0/s1. The third kappa shape index (κ3) is 1.44. The van der Waals surface area contributed by atoms with Crippen LogP contribution in [0.2, 0.25) is 0 Å². The Bertz CT molecular complexity index is 676. The number of imide groups is 1. The van der Waals surface area contributed by atoms with Gasteiger partial charge in [0.05, 0.1) is 17.5 Å². The summed E-state index contributed by atoms with van der Waals surface area (Å²) in [5.74, 6) is 1.76. The van der Waals surface area contributed by atoms with Crippen LogP contribution in [0.5, 0.6) is 0 Å². The lowest BCUT2D eigenvalue weighted by Crippen LogP contribution is -2.40. The molecule has 4 heteroatoms. The predicted molar refractivity (Wildman–Crippen MR) is 86.3 cm³/mol. The van der Waals surface area contributed by atoms with Crippen molar-refractivity contribution in [2.24, 2.45) is 35.5 Å². The minimum atomic E-state index is -0.104. The van der Waals surface area contributed by atoms with E-state index in [9.17, 15) is 9.59 Å². The molecule has 0 spiro atoms. The molecule has 4 aliphatic carbocycles. The van der Waals surface area contributed by atoms with E-state index in [-0.39, 0.29) is 23.7 Å². The summed E-state index contributed by atoms with van der Waals surface area (Å²) in [6.45, 7) is 0. The molecule has 3 nitrogen and oxygen atoms in total. The molecule has 21 heavy (non-hydrogen) atoms. The van der Waals surface area contributed by atoms with E-state index in [1.54, 1.807) is 0 Å². The van der Waals surface area contributed by atoms with Gasteiger partial charge in [-0.2, -0.15) is 0 Å². The number of allylic oxidation sites excluding steroid dienone is 2. The summed E-state index contributed by atoms with van der Waals surface area (Å²) in [5.41, 5.74) is 0.760. The van der Waals surface area contributed by atoms with Crippen LogP contribution in [-0.2, 0) is 9.59 Å². The molecule has 2 bridgehead atoms. The lowest BCUT2D eigenvalue weighted by molar-refractivity contribution is -0.124. The van der Waals surface area contributed by atoms with E-state index < -0.39 is 0 Å². The molecule has 1 aromatic carbocycles. The van der Waals surface area contributed by atoms with Gasteiger partial charge in [0.2, 0.25) is 11.8 Å². The predicted octanol–water partition coefficient (Wildman–Crippen LogP) is 2.85. The van der Waals surface area contributed by atoms with Crippen molar-refractivity contribution in [3.8, 4) is 0 Å². The molecule has 0 aromatic heterocycles. The Hall–Kier alpha value is -1.17. The Morgan fingerprint density at radius 1 is 0.952 bits per heavy atom. The van der Waals surface area contributed by atoms with Crippen LogP contribution in [-0.4, -0.2) is 11.8 Å². The molecule has 6 rings (SSSR count). The van der Waals surface area contributed by atoms with Crippen LogP contribution in [0.4, 0.5) is 5.69 Å². The average Bonchev–Trinajstić information content (AvgIpc) is 3.26. The van der Waals surface area contributed by atoms with Gasteiger partial charge >= 0.3 is 0 Å². The van der Waals surface area contributed by atoms with Gasteiger partial charge in [-0.25, -0.2) is 4.90 Å². The van der Waals surface area contributed by atoms with E-state index in [0.717, 1.165) is 9.26 Å². The summed E-state index contributed by atoms with van der Waals surface area (Å²) in [5, 5.41) is 0. The third-order valence-corrected chi connectivity index (χ3v) is 6.67. The highest BCUT2D eigenvalue weighted by Crippen LogP contribution is 2.65. The molecule has 1 saturated heterocycles. The third-order valence-electron chi connectivity index (χ3n) is 5.76. The van der Waals surface area contributed by atoms with Crippen LogP contribution < -0.4 is 4.90 Å². The van der Waals surface area contributed by atoms with Gasteiger partial charge in [-0.15, -0.1) is 0 Å².